The zero-order valence-corrected chi connectivity index (χ0v) is 42.2. The van der Waals surface area contributed by atoms with Crippen LogP contribution in [0.25, 0.3) is 0 Å². The van der Waals surface area contributed by atoms with Crippen molar-refractivity contribution in [3.8, 4) is 0 Å². The lowest BCUT2D eigenvalue weighted by molar-refractivity contribution is 0.331. The van der Waals surface area contributed by atoms with Crippen molar-refractivity contribution in [2.75, 3.05) is 9.80 Å². The molecular formula is C58H73BN2S. The van der Waals surface area contributed by atoms with Crippen LogP contribution < -0.4 is 25.5 Å². The van der Waals surface area contributed by atoms with Crippen LogP contribution in [0.1, 0.15) is 192 Å². The minimum Gasteiger partial charge on any atom is -0.311 e. The molecule has 0 atom stereocenters. The van der Waals surface area contributed by atoms with E-state index < -0.39 is 0 Å². The molecule has 0 fully saturated rings. The maximum absolute atomic E-state index is 2.82. The van der Waals surface area contributed by atoms with Gasteiger partial charge < -0.3 is 9.80 Å². The number of anilines is 6. The molecule has 4 aromatic carbocycles. The average Bonchev–Trinajstić information content (AvgIpc) is 3.60. The van der Waals surface area contributed by atoms with Crippen molar-refractivity contribution in [2.24, 2.45) is 0 Å². The number of hydrogen-bond donors (Lipinski definition) is 0. The van der Waals surface area contributed by atoms with Gasteiger partial charge in [0.1, 0.15) is 0 Å². The summed E-state index contributed by atoms with van der Waals surface area (Å²) >= 11 is 2.15. The van der Waals surface area contributed by atoms with E-state index in [9.17, 15) is 0 Å². The first kappa shape index (κ1) is 42.2. The summed E-state index contributed by atoms with van der Waals surface area (Å²) in [5.74, 6) is 0. The molecule has 3 heterocycles. The Morgan fingerprint density at radius 3 is 1.63 bits per heavy atom. The third-order valence-corrected chi connectivity index (χ3v) is 18.6. The highest BCUT2D eigenvalue weighted by atomic mass is 32.1. The Bertz CT molecular complexity index is 2710. The van der Waals surface area contributed by atoms with Gasteiger partial charge in [-0.05, 0) is 176 Å². The first-order valence-corrected chi connectivity index (χ1v) is 24.8. The molecule has 1 aromatic heterocycles. The maximum atomic E-state index is 2.82. The molecule has 4 heteroatoms. The fourth-order valence-electron chi connectivity index (χ4n) is 12.7. The van der Waals surface area contributed by atoms with Crippen LogP contribution in [0.3, 0.4) is 0 Å². The van der Waals surface area contributed by atoms with E-state index in [2.05, 4.69) is 200 Å². The van der Waals surface area contributed by atoms with Gasteiger partial charge in [0.15, 0.2) is 0 Å². The molecule has 0 spiro atoms. The van der Waals surface area contributed by atoms with Gasteiger partial charge in [0.25, 0.3) is 6.71 Å². The minimum absolute atomic E-state index is 0.0129. The molecule has 0 N–H and O–H groups in total. The van der Waals surface area contributed by atoms with Crippen molar-refractivity contribution in [2.45, 2.75) is 194 Å². The van der Waals surface area contributed by atoms with E-state index in [0.29, 0.717) is 0 Å². The molecule has 2 nitrogen and oxygen atoms in total. The summed E-state index contributed by atoms with van der Waals surface area (Å²) in [6.07, 6.45) is 7.19. The van der Waals surface area contributed by atoms with E-state index in [0.717, 1.165) is 0 Å². The number of benzene rings is 4. The van der Waals surface area contributed by atoms with E-state index in [-0.39, 0.29) is 44.6 Å². The third kappa shape index (κ3) is 5.92. The topological polar surface area (TPSA) is 6.48 Å². The van der Waals surface area contributed by atoms with E-state index in [1.54, 1.807) is 16.0 Å². The van der Waals surface area contributed by atoms with Crippen LogP contribution in [0.2, 0.25) is 0 Å². The Morgan fingerprint density at radius 2 is 1.03 bits per heavy atom. The van der Waals surface area contributed by atoms with Gasteiger partial charge in [-0.2, -0.15) is 11.3 Å². The molecule has 5 aromatic rings. The molecule has 0 bridgehead atoms. The monoisotopic (exact) mass is 841 g/mol. The standard InChI is InChI=1S/C58H73BN2S/c1-34-30-43-47-44(31-34)61(42-33-40-39(32-35(42)2)54(8,9)24-25-55(40,10)11)48-41(23-22-38-45(48)56(12,13)27-26-53(38,6)7)59(47)51-49(46-50(62-51)58(16,17)29-28-57(46,14)15)60(43)37-20-18-36(19-21-37)52(3,4)5/h18-23,30-33H,24-29H2,1-17H3. The molecule has 0 radical (unpaired) electrons. The zero-order chi connectivity index (χ0) is 44.6. The summed E-state index contributed by atoms with van der Waals surface area (Å²) in [6, 6.07) is 25.2. The van der Waals surface area contributed by atoms with Crippen molar-refractivity contribution in [1.29, 1.82) is 0 Å². The SMILES string of the molecule is Cc1cc2c3c(c1)N(c1cc4c(cc1C)C(C)(C)CCC4(C)C)c1c(ccc4c1C(C)(C)CCC4(C)C)B3c1sc3c(c1N2c1ccc(C(C)(C)C)cc1)C(C)(C)CCC3(C)C. The fourth-order valence-corrected chi connectivity index (χ4v) is 14.4. The van der Waals surface area contributed by atoms with Gasteiger partial charge in [0, 0.05) is 38.1 Å². The largest absolute Gasteiger partial charge is 0.311 e. The number of hydrogen-bond acceptors (Lipinski definition) is 3. The fraction of sp³-hybridized carbons (Fsp3) is 0.517. The highest BCUT2D eigenvalue weighted by Crippen LogP contribution is 2.59. The van der Waals surface area contributed by atoms with E-state index in [1.807, 2.05) is 0 Å². The average molecular weight is 841 g/mol. The molecule has 0 unspecified atom stereocenters. The summed E-state index contributed by atoms with van der Waals surface area (Å²) in [4.78, 5) is 7.16. The predicted molar refractivity (Wildman–Crippen MR) is 272 cm³/mol. The Hall–Kier alpha value is -3.76. The molecule has 0 amide bonds. The van der Waals surface area contributed by atoms with Crippen molar-refractivity contribution in [3.63, 3.8) is 0 Å². The summed E-state index contributed by atoms with van der Waals surface area (Å²) in [6.45, 7) is 42.0. The van der Waals surface area contributed by atoms with E-state index >= 15 is 0 Å². The molecule has 62 heavy (non-hydrogen) atoms. The number of thiophene rings is 1. The lowest BCUT2D eigenvalue weighted by Crippen LogP contribution is -2.61. The van der Waals surface area contributed by atoms with Gasteiger partial charge in [-0.25, -0.2) is 0 Å². The first-order valence-electron chi connectivity index (χ1n) is 24.0. The molecule has 324 valence electrons. The van der Waals surface area contributed by atoms with Crippen LogP contribution in [0, 0.1) is 13.8 Å². The van der Waals surface area contributed by atoms with Crippen LogP contribution in [0.5, 0.6) is 0 Å². The van der Waals surface area contributed by atoms with Gasteiger partial charge in [-0.1, -0.05) is 134 Å². The van der Waals surface area contributed by atoms with E-state index in [4.69, 9.17) is 0 Å². The molecule has 3 aliphatic carbocycles. The Kier molecular flexibility index (Phi) is 8.82. The molecule has 10 rings (SSSR count). The molecule has 0 saturated carbocycles. The van der Waals surface area contributed by atoms with Gasteiger partial charge in [-0.3, -0.25) is 0 Å². The van der Waals surface area contributed by atoms with Gasteiger partial charge in [0.05, 0.1) is 5.69 Å². The number of aryl methyl sites for hydroxylation is 2. The lowest BCUT2D eigenvalue weighted by atomic mass is 9.35. The molecule has 2 aliphatic heterocycles. The summed E-state index contributed by atoms with van der Waals surface area (Å²) in [5.41, 5.74) is 23.6. The first-order chi connectivity index (χ1) is 28.7. The third-order valence-electron chi connectivity index (χ3n) is 17.0. The van der Waals surface area contributed by atoms with Gasteiger partial charge >= 0.3 is 0 Å². The second kappa shape index (κ2) is 13.0. The van der Waals surface area contributed by atoms with Crippen LogP contribution in [0.15, 0.2) is 60.7 Å². The molecule has 5 aliphatic rings. The van der Waals surface area contributed by atoms with Gasteiger partial charge in [0.2, 0.25) is 0 Å². The summed E-state index contributed by atoms with van der Waals surface area (Å²) in [5, 5.41) is 0. The van der Waals surface area contributed by atoms with Crippen molar-refractivity contribution < 1.29 is 0 Å². The second-order valence-electron chi connectivity index (χ2n) is 25.6. The Balaban J connectivity index is 1.37. The van der Waals surface area contributed by atoms with Crippen LogP contribution in [-0.2, 0) is 37.9 Å². The maximum Gasteiger partial charge on any atom is 0.264 e. The molecule has 0 saturated heterocycles. The van der Waals surface area contributed by atoms with Crippen molar-refractivity contribution in [1.82, 2.24) is 0 Å². The minimum atomic E-state index is 0.0129. The zero-order valence-electron chi connectivity index (χ0n) is 41.4. The van der Waals surface area contributed by atoms with Crippen LogP contribution in [0.4, 0.5) is 34.1 Å². The van der Waals surface area contributed by atoms with Crippen molar-refractivity contribution in [3.05, 3.63) is 110 Å². The van der Waals surface area contributed by atoms with Crippen molar-refractivity contribution >= 4 is 67.9 Å². The van der Waals surface area contributed by atoms with Crippen LogP contribution >= 0.6 is 11.3 Å². The Morgan fingerprint density at radius 1 is 0.516 bits per heavy atom. The van der Waals surface area contributed by atoms with Gasteiger partial charge in [-0.15, -0.1) is 0 Å². The molecular weight excluding hydrogens is 768 g/mol. The highest BCUT2D eigenvalue weighted by Gasteiger charge is 2.53. The highest BCUT2D eigenvalue weighted by molar-refractivity contribution is 7.29. The second-order valence-corrected chi connectivity index (χ2v) is 26.6. The quantitative estimate of drug-likeness (QED) is 0.160. The predicted octanol–water partition coefficient (Wildman–Crippen LogP) is 14.8. The number of fused-ring (bicyclic) bond motifs is 9. The summed E-state index contributed by atoms with van der Waals surface area (Å²) < 4.78 is 1.54. The number of rotatable bonds is 2. The summed E-state index contributed by atoms with van der Waals surface area (Å²) in [7, 11) is 0. The van der Waals surface area contributed by atoms with Crippen LogP contribution in [-0.4, -0.2) is 6.71 Å². The lowest BCUT2D eigenvalue weighted by Gasteiger charge is -2.50. The smallest absolute Gasteiger partial charge is 0.264 e. The number of nitrogens with zero attached hydrogens (tertiary/aromatic N) is 2. The normalized spacial score (nSPS) is 21.6. The Labute approximate surface area is 380 Å². The van der Waals surface area contributed by atoms with E-state index in [1.165, 1.54) is 122 Å².